The third-order valence-corrected chi connectivity index (χ3v) is 4.39. The van der Waals surface area contributed by atoms with Gasteiger partial charge in [0.2, 0.25) is 5.89 Å². The van der Waals surface area contributed by atoms with Crippen molar-refractivity contribution < 1.29 is 13.9 Å². The van der Waals surface area contributed by atoms with Gasteiger partial charge in [0.15, 0.2) is 11.7 Å². The summed E-state index contributed by atoms with van der Waals surface area (Å²) >= 11 is 6.03. The number of anilines is 1. The first-order valence-corrected chi connectivity index (χ1v) is 9.15. The quantitative estimate of drug-likeness (QED) is 0.483. The number of benzene rings is 3. The average Bonchev–Trinajstić information content (AvgIpc) is 3.12. The lowest BCUT2D eigenvalue weighted by Crippen LogP contribution is -2.30. The Kier molecular flexibility index (Phi) is 5.00. The van der Waals surface area contributed by atoms with E-state index in [4.69, 9.17) is 20.8 Å². The van der Waals surface area contributed by atoms with Crippen LogP contribution in [0.1, 0.15) is 6.92 Å². The third-order valence-electron chi connectivity index (χ3n) is 4.15. The lowest BCUT2D eigenvalue weighted by Gasteiger charge is -2.14. The Labute approximate surface area is 166 Å². The number of hydrogen-bond acceptors (Lipinski definition) is 4. The van der Waals surface area contributed by atoms with Crippen molar-refractivity contribution in [2.45, 2.75) is 13.0 Å². The number of halogens is 1. The third kappa shape index (κ3) is 4.00. The van der Waals surface area contributed by atoms with Crippen molar-refractivity contribution in [2.24, 2.45) is 0 Å². The van der Waals surface area contributed by atoms with E-state index in [9.17, 15) is 4.79 Å². The number of nitrogens with zero attached hydrogens (tertiary/aromatic N) is 1. The van der Waals surface area contributed by atoms with Crippen molar-refractivity contribution in [3.63, 3.8) is 0 Å². The number of carbonyl (C=O) groups excluding carboxylic acids is 1. The number of amides is 1. The maximum Gasteiger partial charge on any atom is 0.265 e. The van der Waals surface area contributed by atoms with E-state index in [-0.39, 0.29) is 5.91 Å². The predicted molar refractivity (Wildman–Crippen MR) is 110 cm³/mol. The van der Waals surface area contributed by atoms with Gasteiger partial charge in [-0.2, -0.15) is 0 Å². The molecule has 140 valence electrons. The van der Waals surface area contributed by atoms with Gasteiger partial charge in [0.05, 0.1) is 0 Å². The number of carbonyl (C=O) groups is 1. The van der Waals surface area contributed by atoms with Crippen LogP contribution in [0.3, 0.4) is 0 Å². The van der Waals surface area contributed by atoms with Gasteiger partial charge in [-0.3, -0.25) is 4.79 Å². The van der Waals surface area contributed by atoms with Crippen molar-refractivity contribution in [2.75, 3.05) is 5.32 Å². The summed E-state index contributed by atoms with van der Waals surface area (Å²) in [5.41, 5.74) is 2.67. The molecule has 1 aromatic heterocycles. The summed E-state index contributed by atoms with van der Waals surface area (Å²) in [4.78, 5) is 16.9. The van der Waals surface area contributed by atoms with Crippen molar-refractivity contribution in [3.8, 4) is 17.2 Å². The molecule has 4 aromatic rings. The zero-order valence-corrected chi connectivity index (χ0v) is 15.8. The molecule has 0 unspecified atom stereocenters. The molecule has 1 amide bonds. The van der Waals surface area contributed by atoms with Crippen LogP contribution in [0.4, 0.5) is 5.69 Å². The second-order valence-corrected chi connectivity index (χ2v) is 6.71. The maximum absolute atomic E-state index is 12.4. The molecule has 1 heterocycles. The first-order chi connectivity index (χ1) is 13.6. The molecule has 5 nitrogen and oxygen atoms in total. The summed E-state index contributed by atoms with van der Waals surface area (Å²) in [6.07, 6.45) is -0.644. The standard InChI is InChI=1S/C22H17ClN2O3/c1-14(27-18-8-3-2-4-9-18)21(26)24-17-10-11-19-20(13-17)28-22(25-19)15-6-5-7-16(23)12-15/h2-14H,1H3,(H,24,26)/t14-/m1/s1. The summed E-state index contributed by atoms with van der Waals surface area (Å²) in [6.45, 7) is 1.70. The molecular formula is C22H17ClN2O3. The predicted octanol–water partition coefficient (Wildman–Crippen LogP) is 5.55. The summed E-state index contributed by atoms with van der Waals surface area (Å²) in [5.74, 6) is 0.863. The van der Waals surface area contributed by atoms with Crippen LogP contribution >= 0.6 is 11.6 Å². The van der Waals surface area contributed by atoms with Crippen LogP contribution in [0.2, 0.25) is 5.02 Å². The van der Waals surface area contributed by atoms with E-state index in [1.165, 1.54) is 0 Å². The minimum Gasteiger partial charge on any atom is -0.481 e. The van der Waals surface area contributed by atoms with Gasteiger partial charge in [0.25, 0.3) is 5.91 Å². The van der Waals surface area contributed by atoms with Crippen LogP contribution in [-0.2, 0) is 4.79 Å². The molecule has 1 N–H and O–H groups in total. The van der Waals surface area contributed by atoms with E-state index in [1.807, 2.05) is 42.5 Å². The van der Waals surface area contributed by atoms with E-state index >= 15 is 0 Å². The first-order valence-electron chi connectivity index (χ1n) is 8.77. The molecule has 6 heteroatoms. The molecule has 0 aliphatic carbocycles. The molecule has 0 fully saturated rings. The highest BCUT2D eigenvalue weighted by Gasteiger charge is 2.16. The fraction of sp³-hybridized carbons (Fsp3) is 0.0909. The summed E-state index contributed by atoms with van der Waals surface area (Å²) in [6, 6.07) is 21.8. The second-order valence-electron chi connectivity index (χ2n) is 6.27. The van der Waals surface area contributed by atoms with E-state index < -0.39 is 6.10 Å². The number of ether oxygens (including phenoxy) is 1. The van der Waals surface area contributed by atoms with Crippen molar-refractivity contribution in [1.82, 2.24) is 4.98 Å². The molecule has 0 spiro atoms. The van der Waals surface area contributed by atoms with Gasteiger partial charge >= 0.3 is 0 Å². The van der Waals surface area contributed by atoms with Crippen LogP contribution in [0.25, 0.3) is 22.6 Å². The molecule has 0 aliphatic rings. The largest absolute Gasteiger partial charge is 0.481 e. The minimum absolute atomic E-state index is 0.252. The number of hydrogen-bond donors (Lipinski definition) is 1. The molecule has 0 radical (unpaired) electrons. The number of oxazole rings is 1. The van der Waals surface area contributed by atoms with Gasteiger partial charge in [-0.1, -0.05) is 35.9 Å². The summed E-state index contributed by atoms with van der Waals surface area (Å²) in [5, 5.41) is 3.45. The zero-order valence-electron chi connectivity index (χ0n) is 15.1. The second kappa shape index (κ2) is 7.74. The fourth-order valence-corrected chi connectivity index (χ4v) is 2.94. The highest BCUT2D eigenvalue weighted by Crippen LogP contribution is 2.28. The Morgan fingerprint density at radius 1 is 1.07 bits per heavy atom. The smallest absolute Gasteiger partial charge is 0.265 e. The maximum atomic E-state index is 12.4. The SMILES string of the molecule is C[C@@H](Oc1ccccc1)C(=O)Nc1ccc2nc(-c3cccc(Cl)c3)oc2c1. The van der Waals surface area contributed by atoms with Crippen LogP contribution < -0.4 is 10.1 Å². The highest BCUT2D eigenvalue weighted by atomic mass is 35.5. The average molecular weight is 393 g/mol. The van der Waals surface area contributed by atoms with Crippen LogP contribution in [0.15, 0.2) is 77.2 Å². The fourth-order valence-electron chi connectivity index (χ4n) is 2.75. The first kappa shape index (κ1) is 18.1. The Morgan fingerprint density at radius 2 is 1.89 bits per heavy atom. The van der Waals surface area contributed by atoms with Crippen LogP contribution in [-0.4, -0.2) is 17.0 Å². The molecule has 0 saturated carbocycles. The van der Waals surface area contributed by atoms with E-state index in [2.05, 4.69) is 10.3 Å². The van der Waals surface area contributed by atoms with Gasteiger partial charge in [-0.05, 0) is 49.4 Å². The summed E-state index contributed by atoms with van der Waals surface area (Å²) < 4.78 is 11.5. The van der Waals surface area contributed by atoms with Crippen molar-refractivity contribution in [1.29, 1.82) is 0 Å². The topological polar surface area (TPSA) is 64.4 Å². The van der Waals surface area contributed by atoms with Crippen LogP contribution in [0, 0.1) is 0 Å². The lowest BCUT2D eigenvalue weighted by molar-refractivity contribution is -0.122. The monoisotopic (exact) mass is 392 g/mol. The van der Waals surface area contributed by atoms with Crippen LogP contribution in [0.5, 0.6) is 5.75 Å². The van der Waals surface area contributed by atoms with Gasteiger partial charge in [-0.15, -0.1) is 0 Å². The van der Waals surface area contributed by atoms with Gasteiger partial charge in [0.1, 0.15) is 11.3 Å². The molecule has 0 saturated heterocycles. The molecule has 4 rings (SSSR count). The number of aromatic nitrogens is 1. The normalized spacial score (nSPS) is 11.9. The molecule has 0 aliphatic heterocycles. The van der Waals surface area contributed by atoms with Gasteiger partial charge < -0.3 is 14.5 Å². The number of nitrogens with one attached hydrogen (secondary N) is 1. The molecule has 1 atom stereocenters. The minimum atomic E-state index is -0.644. The highest BCUT2D eigenvalue weighted by molar-refractivity contribution is 6.30. The summed E-state index contributed by atoms with van der Waals surface area (Å²) in [7, 11) is 0. The van der Waals surface area contributed by atoms with Crippen molar-refractivity contribution >= 4 is 34.3 Å². The van der Waals surface area contributed by atoms with E-state index in [0.29, 0.717) is 33.4 Å². The van der Waals surface area contributed by atoms with Gasteiger partial charge in [0, 0.05) is 22.3 Å². The van der Waals surface area contributed by atoms with Gasteiger partial charge in [-0.25, -0.2) is 4.98 Å². The number of fused-ring (bicyclic) bond motifs is 1. The Morgan fingerprint density at radius 3 is 2.68 bits per heavy atom. The van der Waals surface area contributed by atoms with Crippen molar-refractivity contribution in [3.05, 3.63) is 77.8 Å². The molecular weight excluding hydrogens is 376 g/mol. The Hall–Kier alpha value is -3.31. The molecule has 3 aromatic carbocycles. The number of rotatable bonds is 5. The number of para-hydroxylation sites is 1. The Bertz CT molecular complexity index is 1130. The molecule has 0 bridgehead atoms. The Balaban J connectivity index is 1.50. The zero-order chi connectivity index (χ0) is 19.5. The van der Waals surface area contributed by atoms with E-state index in [1.54, 1.807) is 37.3 Å². The molecule has 28 heavy (non-hydrogen) atoms. The lowest BCUT2D eigenvalue weighted by atomic mass is 10.2. The van der Waals surface area contributed by atoms with E-state index in [0.717, 1.165) is 5.56 Å².